The third-order valence-corrected chi connectivity index (χ3v) is 10.7. The Bertz CT molecular complexity index is 1500. The number of phenolic OH excluding ortho intramolecular Hbond substituents is 1. The largest absolute Gasteiger partial charge is 0.504 e. The summed E-state index contributed by atoms with van der Waals surface area (Å²) >= 11 is 0. The Morgan fingerprint density at radius 1 is 0.979 bits per heavy atom. The van der Waals surface area contributed by atoms with Crippen molar-refractivity contribution < 1.29 is 38.8 Å². The maximum Gasteiger partial charge on any atom is 0.407 e. The number of aliphatic hydroxyl groups is 1. The van der Waals surface area contributed by atoms with E-state index in [1.165, 1.54) is 12.8 Å². The fourth-order valence-corrected chi connectivity index (χ4v) is 8.45. The molecule has 1 spiro atoms. The van der Waals surface area contributed by atoms with Gasteiger partial charge in [0.2, 0.25) is 11.8 Å². The molecule has 5 atom stereocenters. The number of ether oxygens (including phenoxy) is 3. The van der Waals surface area contributed by atoms with E-state index in [2.05, 4.69) is 20.9 Å². The number of rotatable bonds is 13. The summed E-state index contributed by atoms with van der Waals surface area (Å²) in [7, 11) is 0. The van der Waals surface area contributed by atoms with Gasteiger partial charge in [-0.2, -0.15) is 0 Å². The molecule has 12 heteroatoms. The molecule has 2 aromatic carbocycles. The molecule has 1 saturated heterocycles. The van der Waals surface area contributed by atoms with Gasteiger partial charge < -0.3 is 40.4 Å². The second-order valence-electron chi connectivity index (χ2n) is 13.7. The first-order valence-corrected chi connectivity index (χ1v) is 16.9. The number of carbonyl (C=O) groups is 3. The number of nitrogens with zero attached hydrogens (tertiary/aromatic N) is 1. The minimum Gasteiger partial charge on any atom is -0.504 e. The van der Waals surface area contributed by atoms with Gasteiger partial charge in [-0.25, -0.2) is 4.79 Å². The van der Waals surface area contributed by atoms with E-state index < -0.39 is 23.2 Å². The van der Waals surface area contributed by atoms with Gasteiger partial charge in [-0.3, -0.25) is 14.5 Å². The third kappa shape index (κ3) is 6.02. The van der Waals surface area contributed by atoms with E-state index in [4.69, 9.17) is 14.2 Å². The van der Waals surface area contributed by atoms with E-state index in [0.29, 0.717) is 56.9 Å². The van der Waals surface area contributed by atoms with Crippen LogP contribution in [-0.4, -0.2) is 96.2 Å². The highest BCUT2D eigenvalue weighted by molar-refractivity contribution is 5.80. The van der Waals surface area contributed by atoms with E-state index >= 15 is 0 Å². The van der Waals surface area contributed by atoms with E-state index in [9.17, 15) is 24.6 Å². The Morgan fingerprint density at radius 2 is 1.77 bits per heavy atom. The van der Waals surface area contributed by atoms with Gasteiger partial charge in [0.05, 0.1) is 17.1 Å². The number of phenols is 1. The Morgan fingerprint density at radius 3 is 2.57 bits per heavy atom. The standard InChI is InChI=1S/C35H44N4O8/c40-26-10-9-24-17-27-35(44)12-11-25(32-34(35,30(24)31(26)47-32)13-16-39(27)18-22-7-8-22)38-29(42)21-45-20-28(41)36-14-4-15-37-33(43)46-19-23-5-2-1-3-6-23/h1-3,5-6,9-10,22,25,27,32,40,44H,4,7-8,11-21H2,(H,36,41)(H,37,43)(H,38,42)/t25-,27-,32+,34+,35-/m1/s1. The molecule has 5 aliphatic rings. The van der Waals surface area contributed by atoms with Crippen LogP contribution in [0.15, 0.2) is 42.5 Å². The Hall–Kier alpha value is -3.87. The first kappa shape index (κ1) is 31.7. The van der Waals surface area contributed by atoms with Crippen LogP contribution in [0.4, 0.5) is 4.79 Å². The molecule has 12 nitrogen and oxygen atoms in total. The molecule has 2 heterocycles. The monoisotopic (exact) mass is 648 g/mol. The molecular formula is C35H44N4O8. The summed E-state index contributed by atoms with van der Waals surface area (Å²) in [5.74, 6) is 0.469. The van der Waals surface area contributed by atoms with Gasteiger partial charge in [0, 0.05) is 31.2 Å². The van der Waals surface area contributed by atoms with Crippen LogP contribution in [0.5, 0.6) is 11.5 Å². The molecule has 252 valence electrons. The molecule has 47 heavy (non-hydrogen) atoms. The molecule has 3 fully saturated rings. The van der Waals surface area contributed by atoms with Gasteiger partial charge in [-0.15, -0.1) is 0 Å². The highest BCUT2D eigenvalue weighted by atomic mass is 16.5. The van der Waals surface area contributed by atoms with Gasteiger partial charge in [-0.1, -0.05) is 36.4 Å². The quantitative estimate of drug-likeness (QED) is 0.205. The molecular weight excluding hydrogens is 604 g/mol. The van der Waals surface area contributed by atoms with Crippen LogP contribution >= 0.6 is 0 Å². The van der Waals surface area contributed by atoms with Crippen LogP contribution < -0.4 is 20.7 Å². The average molecular weight is 649 g/mol. The maximum absolute atomic E-state index is 13.0. The lowest BCUT2D eigenvalue weighted by atomic mass is 9.48. The second-order valence-corrected chi connectivity index (χ2v) is 13.7. The first-order valence-electron chi connectivity index (χ1n) is 16.9. The number of likely N-dealkylation sites (tertiary alicyclic amines) is 1. The molecule has 0 aromatic heterocycles. The molecule has 7 rings (SSSR count). The van der Waals surface area contributed by atoms with Crippen molar-refractivity contribution >= 4 is 17.9 Å². The summed E-state index contributed by atoms with van der Waals surface area (Å²) in [5, 5.41) is 31.8. The van der Waals surface area contributed by atoms with Crippen molar-refractivity contribution in [3.8, 4) is 11.5 Å². The number of benzene rings is 2. The predicted octanol–water partition coefficient (Wildman–Crippen LogP) is 1.89. The van der Waals surface area contributed by atoms with Crippen LogP contribution in [0.25, 0.3) is 0 Å². The van der Waals surface area contributed by atoms with Crippen molar-refractivity contribution in [1.82, 2.24) is 20.9 Å². The Kier molecular flexibility index (Phi) is 8.75. The van der Waals surface area contributed by atoms with Gasteiger partial charge in [0.1, 0.15) is 25.9 Å². The first-order chi connectivity index (χ1) is 22.8. The van der Waals surface area contributed by atoms with Gasteiger partial charge in [-0.05, 0) is 74.6 Å². The number of carbonyl (C=O) groups excluding carboxylic acids is 3. The zero-order valence-corrected chi connectivity index (χ0v) is 26.5. The normalized spacial score (nSPS) is 28.5. The lowest BCUT2D eigenvalue weighted by molar-refractivity contribution is -0.192. The molecule has 2 saturated carbocycles. The smallest absolute Gasteiger partial charge is 0.407 e. The molecule has 0 radical (unpaired) electrons. The fraction of sp³-hybridized carbons (Fsp3) is 0.571. The van der Waals surface area contributed by atoms with Crippen molar-refractivity contribution in [3.63, 3.8) is 0 Å². The third-order valence-electron chi connectivity index (χ3n) is 10.7. The number of alkyl carbamates (subject to hydrolysis) is 1. The van der Waals surface area contributed by atoms with E-state index in [0.717, 1.165) is 29.8 Å². The van der Waals surface area contributed by atoms with Crippen LogP contribution in [0, 0.1) is 5.92 Å². The number of amides is 3. The lowest BCUT2D eigenvalue weighted by Crippen LogP contribution is -2.78. The Balaban J connectivity index is 0.874. The zero-order valence-electron chi connectivity index (χ0n) is 26.5. The van der Waals surface area contributed by atoms with Crippen LogP contribution in [0.2, 0.25) is 0 Å². The van der Waals surface area contributed by atoms with Crippen molar-refractivity contribution in [2.45, 2.75) is 80.8 Å². The molecule has 2 aliphatic heterocycles. The fourth-order valence-electron chi connectivity index (χ4n) is 8.45. The van der Waals surface area contributed by atoms with Crippen LogP contribution in [0.3, 0.4) is 0 Å². The Labute approximate surface area is 274 Å². The molecule has 2 aromatic rings. The highest BCUT2D eigenvalue weighted by Gasteiger charge is 2.73. The maximum atomic E-state index is 13.0. The molecule has 3 aliphatic carbocycles. The summed E-state index contributed by atoms with van der Waals surface area (Å²) in [4.78, 5) is 39.6. The minimum atomic E-state index is -1.02. The molecule has 2 bridgehead atoms. The summed E-state index contributed by atoms with van der Waals surface area (Å²) in [6.45, 7) is 2.10. The number of aromatic hydroxyl groups is 1. The van der Waals surface area contributed by atoms with Crippen molar-refractivity contribution in [2.75, 3.05) is 39.4 Å². The summed E-state index contributed by atoms with van der Waals surface area (Å²) in [6.07, 6.45) is 4.40. The topological polar surface area (TPSA) is 159 Å². The number of nitrogens with one attached hydrogen (secondary N) is 3. The van der Waals surface area contributed by atoms with Gasteiger partial charge in [0.25, 0.3) is 0 Å². The van der Waals surface area contributed by atoms with E-state index in [1.54, 1.807) is 6.07 Å². The minimum absolute atomic E-state index is 0.0336. The SMILES string of the molecule is O=C(COCC(=O)N[C@@H]1CC[C@@]2(O)[C@H]3Cc4ccc(O)c5c4[C@@]2(CCN3CC2CC2)[C@H]1O5)NCCCNC(=O)OCc1ccccc1. The number of hydrogen-bond donors (Lipinski definition) is 5. The zero-order chi connectivity index (χ0) is 32.6. The van der Waals surface area contributed by atoms with Crippen LogP contribution in [0.1, 0.15) is 55.2 Å². The molecule has 3 amide bonds. The summed E-state index contributed by atoms with van der Waals surface area (Å²) in [5.41, 5.74) is 1.18. The molecule has 0 unspecified atom stereocenters. The van der Waals surface area contributed by atoms with Gasteiger partial charge >= 0.3 is 6.09 Å². The summed E-state index contributed by atoms with van der Waals surface area (Å²) < 4.78 is 17.1. The molecule has 5 N–H and O–H groups in total. The predicted molar refractivity (Wildman–Crippen MR) is 170 cm³/mol. The van der Waals surface area contributed by atoms with Crippen molar-refractivity contribution in [2.24, 2.45) is 5.92 Å². The van der Waals surface area contributed by atoms with Crippen molar-refractivity contribution in [3.05, 3.63) is 59.2 Å². The van der Waals surface area contributed by atoms with Crippen molar-refractivity contribution in [1.29, 1.82) is 0 Å². The second kappa shape index (κ2) is 13.0. The highest BCUT2D eigenvalue weighted by Crippen LogP contribution is 2.65. The average Bonchev–Trinajstić information content (AvgIpc) is 3.81. The summed E-state index contributed by atoms with van der Waals surface area (Å²) in [6, 6.07) is 12.6. The lowest BCUT2D eigenvalue weighted by Gasteiger charge is -2.64. The number of piperidine rings is 1. The van der Waals surface area contributed by atoms with Gasteiger partial charge in [0.15, 0.2) is 11.5 Å². The van der Waals surface area contributed by atoms with E-state index in [-0.39, 0.29) is 49.5 Å². The van der Waals surface area contributed by atoms with Crippen LogP contribution in [-0.2, 0) is 37.5 Å². The number of hydrogen-bond acceptors (Lipinski definition) is 9. The van der Waals surface area contributed by atoms with E-state index in [1.807, 2.05) is 36.4 Å².